The van der Waals surface area contributed by atoms with Crippen LogP contribution in [0.15, 0.2) is 24.3 Å². The minimum Gasteiger partial charge on any atom is -0.380 e. The first-order chi connectivity index (χ1) is 12.7. The van der Waals surface area contributed by atoms with Crippen LogP contribution in [0, 0.1) is 5.92 Å². The number of rotatable bonds is 9. The SMILES string of the molecule is CC(C)CCOCCNC(=O)CN1C(=O)NC(C)(c2cccc(Cl)c2)C1=O. The number of hydrogen-bond acceptors (Lipinski definition) is 4. The number of imide groups is 1. The van der Waals surface area contributed by atoms with E-state index in [1.165, 1.54) is 0 Å². The fourth-order valence-electron chi connectivity index (χ4n) is 2.72. The number of nitrogens with zero attached hydrogens (tertiary/aromatic N) is 1. The summed E-state index contributed by atoms with van der Waals surface area (Å²) in [6.45, 7) is 6.83. The molecule has 0 aliphatic carbocycles. The predicted octanol–water partition coefficient (Wildman–Crippen LogP) is 2.29. The van der Waals surface area contributed by atoms with Crippen LogP contribution >= 0.6 is 11.6 Å². The van der Waals surface area contributed by atoms with Crippen molar-refractivity contribution in [2.24, 2.45) is 5.92 Å². The minimum atomic E-state index is -1.25. The van der Waals surface area contributed by atoms with Crippen molar-refractivity contribution in [3.05, 3.63) is 34.9 Å². The molecule has 1 aliphatic heterocycles. The summed E-state index contributed by atoms with van der Waals surface area (Å²) >= 11 is 5.99. The van der Waals surface area contributed by atoms with Crippen molar-refractivity contribution in [1.29, 1.82) is 0 Å². The molecule has 1 aromatic rings. The van der Waals surface area contributed by atoms with E-state index in [1.54, 1.807) is 31.2 Å². The molecule has 8 heteroatoms. The Morgan fingerprint density at radius 2 is 2.07 bits per heavy atom. The van der Waals surface area contributed by atoms with Gasteiger partial charge in [-0.05, 0) is 37.0 Å². The Kier molecular flexibility index (Phi) is 7.21. The normalized spacial score (nSPS) is 19.5. The Hall–Kier alpha value is -2.12. The second-order valence-electron chi connectivity index (χ2n) is 7.10. The van der Waals surface area contributed by atoms with Crippen LogP contribution in [-0.2, 0) is 19.9 Å². The van der Waals surface area contributed by atoms with Gasteiger partial charge in [0.05, 0.1) is 6.61 Å². The predicted molar refractivity (Wildman–Crippen MR) is 102 cm³/mol. The molecule has 1 fully saturated rings. The Bertz CT molecular complexity index is 710. The van der Waals surface area contributed by atoms with Crippen LogP contribution in [0.3, 0.4) is 0 Å². The summed E-state index contributed by atoms with van der Waals surface area (Å²) in [6.07, 6.45) is 0.957. The van der Waals surface area contributed by atoms with Crippen molar-refractivity contribution in [1.82, 2.24) is 15.5 Å². The fraction of sp³-hybridized carbons (Fsp3) is 0.526. The molecule has 1 aromatic carbocycles. The summed E-state index contributed by atoms with van der Waals surface area (Å²) in [5, 5.41) is 5.77. The van der Waals surface area contributed by atoms with Crippen molar-refractivity contribution >= 4 is 29.4 Å². The number of urea groups is 1. The number of amides is 4. The van der Waals surface area contributed by atoms with Gasteiger partial charge in [-0.25, -0.2) is 4.79 Å². The van der Waals surface area contributed by atoms with E-state index in [0.29, 0.717) is 36.3 Å². The van der Waals surface area contributed by atoms with Crippen LogP contribution in [0.4, 0.5) is 4.79 Å². The maximum atomic E-state index is 12.8. The molecule has 0 saturated carbocycles. The first-order valence-corrected chi connectivity index (χ1v) is 9.36. The molecule has 2 N–H and O–H groups in total. The van der Waals surface area contributed by atoms with E-state index in [9.17, 15) is 14.4 Å². The zero-order chi connectivity index (χ0) is 20.0. The largest absolute Gasteiger partial charge is 0.380 e. The summed E-state index contributed by atoms with van der Waals surface area (Å²) in [7, 11) is 0. The van der Waals surface area contributed by atoms with Gasteiger partial charge in [0.2, 0.25) is 5.91 Å². The highest BCUT2D eigenvalue weighted by molar-refractivity contribution is 6.30. The lowest BCUT2D eigenvalue weighted by Crippen LogP contribution is -2.43. The first kappa shape index (κ1) is 21.2. The van der Waals surface area contributed by atoms with Crippen LogP contribution in [-0.4, -0.2) is 49.0 Å². The molecule has 0 aromatic heterocycles. The number of hydrogen-bond donors (Lipinski definition) is 2. The van der Waals surface area contributed by atoms with Gasteiger partial charge in [0.15, 0.2) is 0 Å². The average molecular weight is 396 g/mol. The molecular formula is C19H26ClN3O4. The van der Waals surface area contributed by atoms with Crippen LogP contribution in [0.2, 0.25) is 5.02 Å². The first-order valence-electron chi connectivity index (χ1n) is 8.98. The molecule has 0 bridgehead atoms. The Labute approximate surface area is 164 Å². The average Bonchev–Trinajstić information content (AvgIpc) is 2.82. The van der Waals surface area contributed by atoms with Gasteiger partial charge in [-0.2, -0.15) is 0 Å². The lowest BCUT2D eigenvalue weighted by molar-refractivity contribution is -0.134. The maximum Gasteiger partial charge on any atom is 0.325 e. The Balaban J connectivity index is 1.87. The van der Waals surface area contributed by atoms with Gasteiger partial charge in [-0.3, -0.25) is 14.5 Å². The highest BCUT2D eigenvalue weighted by atomic mass is 35.5. The van der Waals surface area contributed by atoms with E-state index < -0.39 is 23.4 Å². The van der Waals surface area contributed by atoms with Crippen molar-refractivity contribution in [3.8, 4) is 0 Å². The molecule has 27 heavy (non-hydrogen) atoms. The number of carbonyl (C=O) groups is 3. The number of benzene rings is 1. The molecule has 4 amide bonds. The van der Waals surface area contributed by atoms with Gasteiger partial charge >= 0.3 is 6.03 Å². The molecule has 1 heterocycles. The van der Waals surface area contributed by atoms with E-state index >= 15 is 0 Å². The molecule has 0 radical (unpaired) electrons. The maximum absolute atomic E-state index is 12.8. The zero-order valence-corrected chi connectivity index (χ0v) is 16.6. The third-order valence-electron chi connectivity index (χ3n) is 4.39. The van der Waals surface area contributed by atoms with E-state index in [1.807, 2.05) is 0 Å². The van der Waals surface area contributed by atoms with Crippen molar-refractivity contribution in [3.63, 3.8) is 0 Å². The number of nitrogens with one attached hydrogen (secondary N) is 2. The molecule has 1 aliphatic rings. The second kappa shape index (κ2) is 9.19. The number of carbonyl (C=O) groups excluding carboxylic acids is 3. The summed E-state index contributed by atoms with van der Waals surface area (Å²) in [6, 6.07) is 6.12. The van der Waals surface area contributed by atoms with Crippen LogP contribution in [0.5, 0.6) is 0 Å². The molecule has 148 valence electrons. The third kappa shape index (κ3) is 5.43. The third-order valence-corrected chi connectivity index (χ3v) is 4.62. The molecule has 1 unspecified atom stereocenters. The smallest absolute Gasteiger partial charge is 0.325 e. The molecule has 1 atom stereocenters. The Morgan fingerprint density at radius 3 is 2.74 bits per heavy atom. The topological polar surface area (TPSA) is 87.7 Å². The van der Waals surface area contributed by atoms with Gasteiger partial charge in [0.1, 0.15) is 12.1 Å². The Morgan fingerprint density at radius 1 is 1.33 bits per heavy atom. The number of ether oxygens (including phenoxy) is 1. The lowest BCUT2D eigenvalue weighted by Gasteiger charge is -2.22. The second-order valence-corrected chi connectivity index (χ2v) is 7.54. The van der Waals surface area contributed by atoms with Gasteiger partial charge < -0.3 is 15.4 Å². The minimum absolute atomic E-state index is 0.326. The van der Waals surface area contributed by atoms with Gasteiger partial charge in [0.25, 0.3) is 5.91 Å². The summed E-state index contributed by atoms with van der Waals surface area (Å²) in [5.41, 5.74) is -0.683. The standard InChI is InChI=1S/C19H26ClN3O4/c1-13(2)7-9-27-10-8-21-16(24)12-23-17(25)19(3,22-18(23)26)14-5-4-6-15(20)11-14/h4-6,11,13H,7-10,12H2,1-3H3,(H,21,24)(H,22,26). The van der Waals surface area contributed by atoms with Crippen LogP contribution in [0.25, 0.3) is 0 Å². The van der Waals surface area contributed by atoms with Gasteiger partial charge in [-0.1, -0.05) is 37.6 Å². The van der Waals surface area contributed by atoms with Crippen LogP contribution in [0.1, 0.15) is 32.8 Å². The molecule has 1 saturated heterocycles. The highest BCUT2D eigenvalue weighted by Gasteiger charge is 2.49. The fourth-order valence-corrected chi connectivity index (χ4v) is 2.91. The van der Waals surface area contributed by atoms with E-state index in [0.717, 1.165) is 11.3 Å². The molecular weight excluding hydrogens is 370 g/mol. The van der Waals surface area contributed by atoms with Gasteiger partial charge in [0, 0.05) is 18.2 Å². The molecule has 2 rings (SSSR count). The quantitative estimate of drug-likeness (QED) is 0.496. The zero-order valence-electron chi connectivity index (χ0n) is 15.9. The highest BCUT2D eigenvalue weighted by Crippen LogP contribution is 2.30. The van der Waals surface area contributed by atoms with E-state index in [-0.39, 0.29) is 6.54 Å². The van der Waals surface area contributed by atoms with E-state index in [2.05, 4.69) is 24.5 Å². The molecule has 7 nitrogen and oxygen atoms in total. The van der Waals surface area contributed by atoms with E-state index in [4.69, 9.17) is 16.3 Å². The van der Waals surface area contributed by atoms with Crippen molar-refractivity contribution < 1.29 is 19.1 Å². The van der Waals surface area contributed by atoms with Crippen molar-refractivity contribution in [2.45, 2.75) is 32.7 Å². The summed E-state index contributed by atoms with van der Waals surface area (Å²) in [4.78, 5) is 38.0. The monoisotopic (exact) mass is 395 g/mol. The van der Waals surface area contributed by atoms with Gasteiger partial charge in [-0.15, -0.1) is 0 Å². The summed E-state index contributed by atoms with van der Waals surface area (Å²) < 4.78 is 5.42. The summed E-state index contributed by atoms with van der Waals surface area (Å²) in [5.74, 6) is -0.340. The molecule has 0 spiro atoms. The lowest BCUT2D eigenvalue weighted by atomic mass is 9.92. The van der Waals surface area contributed by atoms with Crippen molar-refractivity contribution in [2.75, 3.05) is 26.3 Å². The van der Waals surface area contributed by atoms with Crippen LogP contribution < -0.4 is 10.6 Å². The number of halogens is 1.